The summed E-state index contributed by atoms with van der Waals surface area (Å²) in [5.74, 6) is 0.660. The molecule has 0 aromatic heterocycles. The van der Waals surface area contributed by atoms with Crippen LogP contribution in [0, 0.1) is 5.92 Å². The van der Waals surface area contributed by atoms with Gasteiger partial charge in [-0.1, -0.05) is 60.7 Å². The molecule has 4 heteroatoms. The van der Waals surface area contributed by atoms with Crippen LogP contribution in [0.5, 0.6) is 0 Å². The highest BCUT2D eigenvalue weighted by atomic mass is 16.5. The smallest absolute Gasteiger partial charge is 0.315 e. The van der Waals surface area contributed by atoms with Crippen molar-refractivity contribution in [2.24, 2.45) is 5.92 Å². The Labute approximate surface area is 149 Å². The van der Waals surface area contributed by atoms with Crippen LogP contribution in [0.15, 0.2) is 60.7 Å². The van der Waals surface area contributed by atoms with Crippen LogP contribution >= 0.6 is 0 Å². The topological polar surface area (TPSA) is 50.4 Å². The lowest BCUT2D eigenvalue weighted by molar-refractivity contribution is 0.0642. The number of hydrogen-bond acceptors (Lipinski definition) is 2. The second kappa shape index (κ2) is 9.23. The van der Waals surface area contributed by atoms with Crippen LogP contribution in [0.1, 0.15) is 36.4 Å². The van der Waals surface area contributed by atoms with Gasteiger partial charge in [-0.3, -0.25) is 0 Å². The summed E-state index contributed by atoms with van der Waals surface area (Å²) in [6, 6.07) is 19.9. The second-order valence-corrected chi connectivity index (χ2v) is 6.50. The molecule has 0 bridgehead atoms. The van der Waals surface area contributed by atoms with Gasteiger partial charge in [0.25, 0.3) is 0 Å². The maximum absolute atomic E-state index is 12.4. The molecule has 4 nitrogen and oxygen atoms in total. The van der Waals surface area contributed by atoms with Crippen LogP contribution in [-0.2, 0) is 4.74 Å². The van der Waals surface area contributed by atoms with Gasteiger partial charge in [0.1, 0.15) is 0 Å². The average molecular weight is 338 g/mol. The molecule has 1 fully saturated rings. The summed E-state index contributed by atoms with van der Waals surface area (Å²) in [7, 11) is 0. The SMILES string of the molecule is O=C(NCCC1CCOCC1)NC(c1ccccc1)c1ccccc1. The summed E-state index contributed by atoms with van der Waals surface area (Å²) in [5.41, 5.74) is 2.15. The van der Waals surface area contributed by atoms with E-state index in [4.69, 9.17) is 4.74 Å². The summed E-state index contributed by atoms with van der Waals surface area (Å²) in [5, 5.41) is 6.12. The van der Waals surface area contributed by atoms with Crippen LogP contribution in [0.4, 0.5) is 4.79 Å². The minimum atomic E-state index is -0.148. The van der Waals surface area contributed by atoms with Crippen LogP contribution in [0.25, 0.3) is 0 Å². The van der Waals surface area contributed by atoms with E-state index in [9.17, 15) is 4.79 Å². The van der Waals surface area contributed by atoms with Gasteiger partial charge < -0.3 is 15.4 Å². The predicted molar refractivity (Wildman–Crippen MR) is 99.4 cm³/mol. The zero-order chi connectivity index (χ0) is 17.3. The number of carbonyl (C=O) groups excluding carboxylic acids is 1. The van der Waals surface area contributed by atoms with E-state index in [1.54, 1.807) is 0 Å². The van der Waals surface area contributed by atoms with Crippen molar-refractivity contribution in [3.63, 3.8) is 0 Å². The molecule has 132 valence electrons. The molecule has 2 aromatic carbocycles. The van der Waals surface area contributed by atoms with E-state index in [0.29, 0.717) is 12.5 Å². The first-order valence-corrected chi connectivity index (χ1v) is 9.05. The number of amides is 2. The zero-order valence-electron chi connectivity index (χ0n) is 14.5. The predicted octanol–water partition coefficient (Wildman–Crippen LogP) is 3.89. The van der Waals surface area contributed by atoms with Crippen LogP contribution < -0.4 is 10.6 Å². The first kappa shape index (κ1) is 17.5. The van der Waals surface area contributed by atoms with Crippen molar-refractivity contribution in [1.29, 1.82) is 0 Å². The number of rotatable bonds is 6. The standard InChI is InChI=1S/C21H26N2O2/c24-21(22-14-11-17-12-15-25-16-13-17)23-20(18-7-3-1-4-8-18)19-9-5-2-6-10-19/h1-10,17,20H,11-16H2,(H2,22,23,24). The second-order valence-electron chi connectivity index (χ2n) is 6.50. The van der Waals surface area contributed by atoms with E-state index in [0.717, 1.165) is 43.6 Å². The quantitative estimate of drug-likeness (QED) is 0.839. The van der Waals surface area contributed by atoms with E-state index in [1.807, 2.05) is 60.7 Å². The van der Waals surface area contributed by atoms with Gasteiger partial charge in [-0.15, -0.1) is 0 Å². The Kier molecular flexibility index (Phi) is 6.46. The average Bonchev–Trinajstić information content (AvgIpc) is 2.68. The molecule has 0 radical (unpaired) electrons. The lowest BCUT2D eigenvalue weighted by atomic mass is 9.97. The fourth-order valence-corrected chi connectivity index (χ4v) is 3.26. The largest absolute Gasteiger partial charge is 0.381 e. The van der Waals surface area contributed by atoms with Crippen molar-refractivity contribution in [2.75, 3.05) is 19.8 Å². The van der Waals surface area contributed by atoms with Crippen molar-refractivity contribution < 1.29 is 9.53 Å². The molecule has 3 rings (SSSR count). The Morgan fingerprint density at radius 2 is 1.52 bits per heavy atom. The summed E-state index contributed by atoms with van der Waals surface area (Å²) < 4.78 is 5.38. The third-order valence-electron chi connectivity index (χ3n) is 4.72. The minimum Gasteiger partial charge on any atom is -0.381 e. The van der Waals surface area contributed by atoms with Crippen LogP contribution in [0.3, 0.4) is 0 Å². The molecule has 0 unspecified atom stereocenters. The van der Waals surface area contributed by atoms with E-state index >= 15 is 0 Å². The molecule has 1 aliphatic rings. The Morgan fingerprint density at radius 3 is 2.08 bits per heavy atom. The maximum Gasteiger partial charge on any atom is 0.315 e. The van der Waals surface area contributed by atoms with Crippen molar-refractivity contribution >= 4 is 6.03 Å². The van der Waals surface area contributed by atoms with Gasteiger partial charge in [0, 0.05) is 19.8 Å². The van der Waals surface area contributed by atoms with Crippen molar-refractivity contribution in [3.05, 3.63) is 71.8 Å². The first-order chi connectivity index (χ1) is 12.3. The monoisotopic (exact) mass is 338 g/mol. The normalized spacial score (nSPS) is 15.1. The summed E-state index contributed by atoms with van der Waals surface area (Å²) in [6.07, 6.45) is 3.21. The van der Waals surface area contributed by atoms with E-state index in [2.05, 4.69) is 10.6 Å². The van der Waals surface area contributed by atoms with Crippen LogP contribution in [0.2, 0.25) is 0 Å². The summed E-state index contributed by atoms with van der Waals surface area (Å²) in [6.45, 7) is 2.40. The van der Waals surface area contributed by atoms with Crippen molar-refractivity contribution in [1.82, 2.24) is 10.6 Å². The summed E-state index contributed by atoms with van der Waals surface area (Å²) >= 11 is 0. The van der Waals surface area contributed by atoms with Gasteiger partial charge in [-0.05, 0) is 36.3 Å². The Bertz CT molecular complexity index is 600. The van der Waals surface area contributed by atoms with Gasteiger partial charge in [0.15, 0.2) is 0 Å². The first-order valence-electron chi connectivity index (χ1n) is 9.05. The Hall–Kier alpha value is -2.33. The maximum atomic E-state index is 12.4. The number of hydrogen-bond donors (Lipinski definition) is 2. The number of ether oxygens (including phenoxy) is 1. The molecule has 1 saturated heterocycles. The molecule has 1 heterocycles. The molecule has 2 aromatic rings. The number of benzene rings is 2. The number of carbonyl (C=O) groups is 1. The zero-order valence-corrected chi connectivity index (χ0v) is 14.5. The molecule has 0 atom stereocenters. The lowest BCUT2D eigenvalue weighted by Gasteiger charge is -2.23. The van der Waals surface area contributed by atoms with Gasteiger partial charge in [0.05, 0.1) is 6.04 Å². The van der Waals surface area contributed by atoms with Crippen LogP contribution in [-0.4, -0.2) is 25.8 Å². The Balaban J connectivity index is 1.57. The molecule has 2 N–H and O–H groups in total. The fourth-order valence-electron chi connectivity index (χ4n) is 3.26. The molecule has 0 spiro atoms. The van der Waals surface area contributed by atoms with Gasteiger partial charge >= 0.3 is 6.03 Å². The Morgan fingerprint density at radius 1 is 0.960 bits per heavy atom. The fraction of sp³-hybridized carbons (Fsp3) is 0.381. The highest BCUT2D eigenvalue weighted by Crippen LogP contribution is 2.21. The van der Waals surface area contributed by atoms with Gasteiger partial charge in [-0.2, -0.15) is 0 Å². The van der Waals surface area contributed by atoms with E-state index in [1.165, 1.54) is 0 Å². The highest BCUT2D eigenvalue weighted by molar-refractivity contribution is 5.75. The third-order valence-corrected chi connectivity index (χ3v) is 4.72. The number of nitrogens with one attached hydrogen (secondary N) is 2. The molecule has 2 amide bonds. The van der Waals surface area contributed by atoms with Crippen molar-refractivity contribution in [3.8, 4) is 0 Å². The molecular weight excluding hydrogens is 312 g/mol. The van der Waals surface area contributed by atoms with E-state index in [-0.39, 0.29) is 12.1 Å². The molecule has 0 saturated carbocycles. The van der Waals surface area contributed by atoms with Gasteiger partial charge in [-0.25, -0.2) is 4.79 Å². The molecule has 0 aliphatic carbocycles. The van der Waals surface area contributed by atoms with Crippen molar-refractivity contribution in [2.45, 2.75) is 25.3 Å². The van der Waals surface area contributed by atoms with Gasteiger partial charge in [0.2, 0.25) is 0 Å². The molecule has 1 aliphatic heterocycles. The third kappa shape index (κ3) is 5.33. The molecule has 25 heavy (non-hydrogen) atoms. The summed E-state index contributed by atoms with van der Waals surface area (Å²) in [4.78, 5) is 12.4. The van der Waals surface area contributed by atoms with E-state index < -0.39 is 0 Å². The lowest BCUT2D eigenvalue weighted by Crippen LogP contribution is -2.39. The highest BCUT2D eigenvalue weighted by Gasteiger charge is 2.17. The minimum absolute atomic E-state index is 0.121. The number of urea groups is 1. The molecular formula is C21H26N2O2.